The molecule has 0 bridgehead atoms. The first kappa shape index (κ1) is 13.7. The minimum atomic E-state index is -0.297. The number of nitrogens with zero attached hydrogens (tertiary/aromatic N) is 1. The third-order valence-electron chi connectivity index (χ3n) is 2.33. The van der Waals surface area contributed by atoms with E-state index in [0.29, 0.717) is 18.7 Å². The van der Waals surface area contributed by atoms with Crippen LogP contribution in [0.2, 0.25) is 0 Å². The van der Waals surface area contributed by atoms with Crippen molar-refractivity contribution in [2.45, 2.75) is 19.6 Å². The zero-order valence-electron chi connectivity index (χ0n) is 10.6. The van der Waals surface area contributed by atoms with Gasteiger partial charge in [-0.05, 0) is 38.7 Å². The van der Waals surface area contributed by atoms with Crippen LogP contribution in [0, 0.1) is 0 Å². The van der Waals surface area contributed by atoms with Gasteiger partial charge in [0.25, 0.3) is 0 Å². The molecule has 17 heavy (non-hydrogen) atoms. The summed E-state index contributed by atoms with van der Waals surface area (Å²) < 4.78 is 5.33. The van der Waals surface area contributed by atoms with Crippen molar-refractivity contribution in [2.75, 3.05) is 20.6 Å². The Balaban J connectivity index is 2.63. The van der Waals surface area contributed by atoms with Crippen LogP contribution in [0.15, 0.2) is 24.3 Å². The molecular formula is C13H20N2O2. The van der Waals surface area contributed by atoms with E-state index in [-0.39, 0.29) is 12.1 Å². The molecule has 0 fully saturated rings. The van der Waals surface area contributed by atoms with Crippen molar-refractivity contribution in [1.82, 2.24) is 4.90 Å². The van der Waals surface area contributed by atoms with Crippen LogP contribution in [0.25, 0.3) is 0 Å². The summed E-state index contributed by atoms with van der Waals surface area (Å²) in [4.78, 5) is 13.8. The molecule has 2 N–H and O–H groups in total. The van der Waals surface area contributed by atoms with E-state index < -0.39 is 0 Å². The maximum Gasteiger partial charge on any atom is 0.338 e. The van der Waals surface area contributed by atoms with Gasteiger partial charge in [-0.1, -0.05) is 12.1 Å². The summed E-state index contributed by atoms with van der Waals surface area (Å²) in [6.07, 6.45) is -0.126. The average Bonchev–Trinajstić information content (AvgIpc) is 2.27. The van der Waals surface area contributed by atoms with Crippen molar-refractivity contribution in [3.63, 3.8) is 0 Å². The van der Waals surface area contributed by atoms with Gasteiger partial charge >= 0.3 is 5.97 Å². The summed E-state index contributed by atoms with van der Waals surface area (Å²) >= 11 is 0. The number of esters is 1. The van der Waals surface area contributed by atoms with Crippen LogP contribution in [-0.2, 0) is 11.3 Å². The number of hydrogen-bond donors (Lipinski definition) is 1. The second-order valence-corrected chi connectivity index (χ2v) is 4.38. The Morgan fingerprint density at radius 2 is 2.18 bits per heavy atom. The number of rotatable bonds is 5. The normalized spacial score (nSPS) is 12.5. The van der Waals surface area contributed by atoms with Gasteiger partial charge in [0, 0.05) is 13.1 Å². The van der Waals surface area contributed by atoms with E-state index in [1.54, 1.807) is 12.1 Å². The Labute approximate surface area is 102 Å². The van der Waals surface area contributed by atoms with E-state index in [1.807, 2.05) is 38.1 Å². The lowest BCUT2D eigenvalue weighted by molar-refractivity contribution is 0.0289. The monoisotopic (exact) mass is 236 g/mol. The molecule has 4 heteroatoms. The Morgan fingerprint density at radius 3 is 2.76 bits per heavy atom. The van der Waals surface area contributed by atoms with Gasteiger partial charge in [0.1, 0.15) is 6.10 Å². The summed E-state index contributed by atoms with van der Waals surface area (Å²) in [5, 5.41) is 0. The Morgan fingerprint density at radius 1 is 1.47 bits per heavy atom. The fraction of sp³-hybridized carbons (Fsp3) is 0.462. The molecule has 0 saturated heterocycles. The topological polar surface area (TPSA) is 55.6 Å². The molecule has 4 nitrogen and oxygen atoms in total. The fourth-order valence-corrected chi connectivity index (χ4v) is 1.63. The predicted molar refractivity (Wildman–Crippen MR) is 67.8 cm³/mol. The molecule has 1 aromatic carbocycles. The van der Waals surface area contributed by atoms with Crippen LogP contribution >= 0.6 is 0 Å². The molecule has 0 saturated carbocycles. The van der Waals surface area contributed by atoms with Crippen LogP contribution in [0.1, 0.15) is 22.8 Å². The van der Waals surface area contributed by atoms with Crippen molar-refractivity contribution < 1.29 is 9.53 Å². The van der Waals surface area contributed by atoms with E-state index in [2.05, 4.69) is 0 Å². The van der Waals surface area contributed by atoms with Gasteiger partial charge in [0.15, 0.2) is 0 Å². The maximum absolute atomic E-state index is 11.8. The summed E-state index contributed by atoms with van der Waals surface area (Å²) in [5.41, 5.74) is 7.01. The maximum atomic E-state index is 11.8. The van der Waals surface area contributed by atoms with Gasteiger partial charge in [-0.2, -0.15) is 0 Å². The fourth-order valence-electron chi connectivity index (χ4n) is 1.63. The Hall–Kier alpha value is -1.39. The minimum absolute atomic E-state index is 0.126. The van der Waals surface area contributed by atoms with Crippen LogP contribution in [0.4, 0.5) is 0 Å². The highest BCUT2D eigenvalue weighted by molar-refractivity contribution is 5.89. The first-order valence-electron chi connectivity index (χ1n) is 5.67. The van der Waals surface area contributed by atoms with E-state index in [4.69, 9.17) is 10.5 Å². The zero-order valence-corrected chi connectivity index (χ0v) is 10.6. The molecule has 1 rings (SSSR count). The molecule has 1 unspecified atom stereocenters. The summed E-state index contributed by atoms with van der Waals surface area (Å²) in [7, 11) is 3.89. The Bertz CT molecular complexity index is 377. The molecule has 0 aliphatic rings. The van der Waals surface area contributed by atoms with Gasteiger partial charge in [-0.3, -0.25) is 0 Å². The second-order valence-electron chi connectivity index (χ2n) is 4.38. The first-order chi connectivity index (χ1) is 8.02. The summed E-state index contributed by atoms with van der Waals surface area (Å²) in [5.74, 6) is -0.297. The largest absolute Gasteiger partial charge is 0.458 e. The van der Waals surface area contributed by atoms with E-state index >= 15 is 0 Å². The second kappa shape index (κ2) is 6.37. The molecule has 1 aromatic rings. The smallest absolute Gasteiger partial charge is 0.338 e. The van der Waals surface area contributed by atoms with Gasteiger partial charge in [-0.15, -0.1) is 0 Å². The van der Waals surface area contributed by atoms with Crippen LogP contribution < -0.4 is 5.73 Å². The third kappa shape index (κ3) is 4.54. The highest BCUT2D eigenvalue weighted by Crippen LogP contribution is 2.08. The first-order valence-corrected chi connectivity index (χ1v) is 5.67. The molecular weight excluding hydrogens is 216 g/mol. The zero-order chi connectivity index (χ0) is 12.8. The quantitative estimate of drug-likeness (QED) is 0.782. The lowest BCUT2D eigenvalue weighted by Gasteiger charge is -2.17. The molecule has 1 atom stereocenters. The molecule has 0 radical (unpaired) electrons. The number of carbonyl (C=O) groups excluding carboxylic acids is 1. The number of hydrogen-bond acceptors (Lipinski definition) is 4. The van der Waals surface area contributed by atoms with E-state index in [1.165, 1.54) is 0 Å². The van der Waals surface area contributed by atoms with Crippen molar-refractivity contribution in [2.24, 2.45) is 5.73 Å². The molecule has 0 heterocycles. The number of likely N-dealkylation sites (N-methyl/N-ethyl adjacent to an activating group) is 1. The van der Waals surface area contributed by atoms with Crippen LogP contribution in [-0.4, -0.2) is 37.6 Å². The minimum Gasteiger partial charge on any atom is -0.458 e. The Kier molecular flexibility index (Phi) is 5.12. The number of ether oxygens (including phenoxy) is 1. The van der Waals surface area contributed by atoms with Crippen LogP contribution in [0.3, 0.4) is 0 Å². The van der Waals surface area contributed by atoms with Gasteiger partial charge in [-0.25, -0.2) is 4.79 Å². The van der Waals surface area contributed by atoms with E-state index in [9.17, 15) is 4.79 Å². The SMILES string of the molecule is CC(CN(C)C)OC(=O)c1cccc(CN)c1. The molecule has 0 aliphatic heterocycles. The molecule has 0 amide bonds. The lowest BCUT2D eigenvalue weighted by Crippen LogP contribution is -2.28. The standard InChI is InChI=1S/C13H20N2O2/c1-10(9-15(2)3)17-13(16)12-6-4-5-11(7-12)8-14/h4-7,10H,8-9,14H2,1-3H3. The average molecular weight is 236 g/mol. The number of carbonyl (C=O) groups is 1. The molecule has 0 aromatic heterocycles. The van der Waals surface area contributed by atoms with Crippen molar-refractivity contribution in [3.8, 4) is 0 Å². The van der Waals surface area contributed by atoms with Gasteiger partial charge in [0.05, 0.1) is 5.56 Å². The third-order valence-corrected chi connectivity index (χ3v) is 2.33. The molecule has 94 valence electrons. The van der Waals surface area contributed by atoms with Gasteiger partial charge < -0.3 is 15.4 Å². The van der Waals surface area contributed by atoms with Crippen molar-refractivity contribution in [3.05, 3.63) is 35.4 Å². The van der Waals surface area contributed by atoms with E-state index in [0.717, 1.165) is 5.56 Å². The lowest BCUT2D eigenvalue weighted by atomic mass is 10.1. The van der Waals surface area contributed by atoms with Crippen LogP contribution in [0.5, 0.6) is 0 Å². The summed E-state index contributed by atoms with van der Waals surface area (Å²) in [6.45, 7) is 3.02. The summed E-state index contributed by atoms with van der Waals surface area (Å²) in [6, 6.07) is 7.21. The van der Waals surface area contributed by atoms with Gasteiger partial charge in [0.2, 0.25) is 0 Å². The van der Waals surface area contributed by atoms with Crippen molar-refractivity contribution >= 4 is 5.97 Å². The number of nitrogens with two attached hydrogens (primary N) is 1. The molecule has 0 aliphatic carbocycles. The highest BCUT2D eigenvalue weighted by Gasteiger charge is 2.12. The molecule has 0 spiro atoms. The van der Waals surface area contributed by atoms with Crippen molar-refractivity contribution in [1.29, 1.82) is 0 Å². The predicted octanol–water partition coefficient (Wildman–Crippen LogP) is 1.25. The number of benzene rings is 1. The highest BCUT2D eigenvalue weighted by atomic mass is 16.5.